The minimum Gasteiger partial charge on any atom is -0.367 e. The number of carbonyl (C=O) groups excluding carboxylic acids is 2. The largest absolute Gasteiger partial charge is 0.367 e. The Hall–Kier alpha value is -2.99. The van der Waals surface area contributed by atoms with Gasteiger partial charge in [-0.05, 0) is 31.2 Å². The maximum Gasteiger partial charge on any atom is 0.295 e. The van der Waals surface area contributed by atoms with Crippen LogP contribution in [0.3, 0.4) is 0 Å². The number of benzene rings is 2. The van der Waals surface area contributed by atoms with Crippen LogP contribution in [0.4, 0.5) is 11.4 Å². The summed E-state index contributed by atoms with van der Waals surface area (Å²) in [5.74, 6) is -1.62. The molecule has 1 aliphatic rings. The zero-order valence-electron chi connectivity index (χ0n) is 12.4. The van der Waals surface area contributed by atoms with E-state index in [0.717, 1.165) is 5.01 Å². The van der Waals surface area contributed by atoms with E-state index in [0.29, 0.717) is 11.4 Å². The van der Waals surface area contributed by atoms with Gasteiger partial charge in [-0.25, -0.2) is 0 Å². The predicted molar refractivity (Wildman–Crippen MR) is 87.1 cm³/mol. The Kier molecular flexibility index (Phi) is 3.67. The van der Waals surface area contributed by atoms with E-state index in [1.165, 1.54) is 6.92 Å². The van der Waals surface area contributed by atoms with Crippen molar-refractivity contribution in [3.63, 3.8) is 0 Å². The van der Waals surface area contributed by atoms with E-state index >= 15 is 0 Å². The summed E-state index contributed by atoms with van der Waals surface area (Å²) in [5.41, 5.74) is -1.31. The standard InChI is InChI=1S/C17H15N3O3/c1-12-17(23,15(21)18-13-8-4-2-5-9-13)16(22)20(19-12)14-10-6-3-7-11-14/h2-11,23H,1H3,(H,18,21). The highest BCUT2D eigenvalue weighted by molar-refractivity contribution is 6.36. The Morgan fingerprint density at radius 3 is 2.26 bits per heavy atom. The number of nitrogens with one attached hydrogen (secondary N) is 1. The Balaban J connectivity index is 1.88. The number of para-hydroxylation sites is 2. The van der Waals surface area contributed by atoms with Gasteiger partial charge in [-0.2, -0.15) is 10.1 Å². The average molecular weight is 309 g/mol. The zero-order valence-corrected chi connectivity index (χ0v) is 12.4. The van der Waals surface area contributed by atoms with Gasteiger partial charge < -0.3 is 10.4 Å². The van der Waals surface area contributed by atoms with Crippen molar-refractivity contribution < 1.29 is 14.7 Å². The summed E-state index contributed by atoms with van der Waals surface area (Å²) in [7, 11) is 0. The van der Waals surface area contributed by atoms with Crippen molar-refractivity contribution in [2.24, 2.45) is 5.10 Å². The van der Waals surface area contributed by atoms with Gasteiger partial charge in [-0.15, -0.1) is 0 Å². The second kappa shape index (κ2) is 5.66. The van der Waals surface area contributed by atoms with Gasteiger partial charge in [0.2, 0.25) is 0 Å². The lowest BCUT2D eigenvalue weighted by Gasteiger charge is -2.21. The molecule has 2 aromatic rings. The molecule has 6 heteroatoms. The molecule has 1 atom stereocenters. The molecular formula is C17H15N3O3. The predicted octanol–water partition coefficient (Wildman–Crippen LogP) is 1.78. The molecule has 6 nitrogen and oxygen atoms in total. The summed E-state index contributed by atoms with van der Waals surface area (Å²) in [5, 5.41) is 18.3. The van der Waals surface area contributed by atoms with Crippen molar-refractivity contribution in [3.05, 3.63) is 60.7 Å². The van der Waals surface area contributed by atoms with Gasteiger partial charge in [0.1, 0.15) is 0 Å². The minimum absolute atomic E-state index is 0.0276. The number of carbonyl (C=O) groups is 2. The minimum atomic E-state index is -2.31. The SMILES string of the molecule is CC1=NN(c2ccccc2)C(=O)C1(O)C(=O)Nc1ccccc1. The lowest BCUT2D eigenvalue weighted by molar-refractivity contribution is -0.140. The molecule has 116 valence electrons. The van der Waals surface area contributed by atoms with E-state index in [1.54, 1.807) is 60.7 Å². The van der Waals surface area contributed by atoms with E-state index in [4.69, 9.17) is 0 Å². The molecule has 0 aromatic heterocycles. The average Bonchev–Trinajstić information content (AvgIpc) is 2.82. The molecule has 0 bridgehead atoms. The Labute approximate surface area is 133 Å². The Bertz CT molecular complexity index is 774. The third kappa shape index (κ3) is 2.49. The summed E-state index contributed by atoms with van der Waals surface area (Å²) in [6.07, 6.45) is 0. The second-order valence-corrected chi connectivity index (χ2v) is 5.17. The fraction of sp³-hybridized carbons (Fsp3) is 0.118. The van der Waals surface area contributed by atoms with Crippen LogP contribution in [0.1, 0.15) is 6.92 Å². The highest BCUT2D eigenvalue weighted by Gasteiger charge is 2.54. The molecule has 1 heterocycles. The van der Waals surface area contributed by atoms with Gasteiger partial charge in [0.05, 0.1) is 11.4 Å². The van der Waals surface area contributed by atoms with Gasteiger partial charge in [-0.1, -0.05) is 36.4 Å². The summed E-state index contributed by atoms with van der Waals surface area (Å²) in [6, 6.07) is 17.3. The molecule has 0 fully saturated rings. The van der Waals surface area contributed by atoms with Crippen molar-refractivity contribution >= 4 is 28.9 Å². The lowest BCUT2D eigenvalue weighted by Crippen LogP contribution is -2.55. The molecule has 0 aliphatic carbocycles. The summed E-state index contributed by atoms with van der Waals surface area (Å²) in [6.45, 7) is 1.45. The fourth-order valence-corrected chi connectivity index (χ4v) is 2.32. The normalized spacial score (nSPS) is 20.3. The number of aliphatic hydroxyl groups is 1. The van der Waals surface area contributed by atoms with Gasteiger partial charge in [0, 0.05) is 5.69 Å². The molecule has 2 amide bonds. The van der Waals surface area contributed by atoms with E-state index in [2.05, 4.69) is 10.4 Å². The first-order valence-corrected chi connectivity index (χ1v) is 7.07. The molecule has 0 saturated heterocycles. The van der Waals surface area contributed by atoms with E-state index in [-0.39, 0.29) is 5.71 Å². The molecule has 23 heavy (non-hydrogen) atoms. The van der Waals surface area contributed by atoms with Crippen molar-refractivity contribution in [1.29, 1.82) is 0 Å². The first kappa shape index (κ1) is 14.9. The van der Waals surface area contributed by atoms with Crippen LogP contribution >= 0.6 is 0 Å². The first-order chi connectivity index (χ1) is 11.0. The lowest BCUT2D eigenvalue weighted by atomic mass is 9.97. The molecule has 1 unspecified atom stereocenters. The smallest absolute Gasteiger partial charge is 0.295 e. The van der Waals surface area contributed by atoms with Gasteiger partial charge in [0.15, 0.2) is 0 Å². The molecule has 2 N–H and O–H groups in total. The van der Waals surface area contributed by atoms with Crippen LogP contribution < -0.4 is 10.3 Å². The molecule has 0 spiro atoms. The van der Waals surface area contributed by atoms with Crippen LogP contribution in [0, 0.1) is 0 Å². The number of hydrazone groups is 1. The third-order valence-electron chi connectivity index (χ3n) is 3.64. The van der Waals surface area contributed by atoms with Crippen LogP contribution in [-0.2, 0) is 9.59 Å². The zero-order chi connectivity index (χ0) is 16.4. The molecule has 3 rings (SSSR count). The molecule has 1 aliphatic heterocycles. The maximum atomic E-state index is 12.6. The van der Waals surface area contributed by atoms with Crippen molar-refractivity contribution in [2.45, 2.75) is 12.5 Å². The molecule has 0 saturated carbocycles. The highest BCUT2D eigenvalue weighted by Crippen LogP contribution is 2.27. The van der Waals surface area contributed by atoms with E-state index in [1.807, 2.05) is 0 Å². The topological polar surface area (TPSA) is 82.0 Å². The van der Waals surface area contributed by atoms with Crippen LogP contribution in [0.15, 0.2) is 65.8 Å². The van der Waals surface area contributed by atoms with Crippen LogP contribution in [0.2, 0.25) is 0 Å². The Morgan fingerprint density at radius 1 is 1.09 bits per heavy atom. The number of hydrogen-bond donors (Lipinski definition) is 2. The number of rotatable bonds is 3. The molecule has 0 radical (unpaired) electrons. The van der Waals surface area contributed by atoms with Crippen LogP contribution in [-0.4, -0.2) is 28.2 Å². The van der Waals surface area contributed by atoms with Crippen molar-refractivity contribution in [1.82, 2.24) is 0 Å². The van der Waals surface area contributed by atoms with Gasteiger partial charge in [0.25, 0.3) is 17.4 Å². The summed E-state index contributed by atoms with van der Waals surface area (Å²) >= 11 is 0. The molecule has 2 aromatic carbocycles. The van der Waals surface area contributed by atoms with Crippen molar-refractivity contribution in [3.8, 4) is 0 Å². The van der Waals surface area contributed by atoms with E-state index in [9.17, 15) is 14.7 Å². The Morgan fingerprint density at radius 2 is 1.65 bits per heavy atom. The van der Waals surface area contributed by atoms with E-state index < -0.39 is 17.4 Å². The fourth-order valence-electron chi connectivity index (χ4n) is 2.32. The summed E-state index contributed by atoms with van der Waals surface area (Å²) < 4.78 is 0. The van der Waals surface area contributed by atoms with Gasteiger partial charge in [-0.3, -0.25) is 9.59 Å². The third-order valence-corrected chi connectivity index (χ3v) is 3.64. The number of nitrogens with zero attached hydrogens (tertiary/aromatic N) is 2. The highest BCUT2D eigenvalue weighted by atomic mass is 16.3. The van der Waals surface area contributed by atoms with Crippen LogP contribution in [0.5, 0.6) is 0 Å². The molecular weight excluding hydrogens is 294 g/mol. The monoisotopic (exact) mass is 309 g/mol. The van der Waals surface area contributed by atoms with Crippen LogP contribution in [0.25, 0.3) is 0 Å². The number of amides is 2. The number of anilines is 2. The van der Waals surface area contributed by atoms with Gasteiger partial charge >= 0.3 is 0 Å². The summed E-state index contributed by atoms with van der Waals surface area (Å²) in [4.78, 5) is 25.0. The quantitative estimate of drug-likeness (QED) is 0.848. The maximum absolute atomic E-state index is 12.6. The second-order valence-electron chi connectivity index (χ2n) is 5.17. The number of hydrogen-bond acceptors (Lipinski definition) is 4. The first-order valence-electron chi connectivity index (χ1n) is 7.07. The van der Waals surface area contributed by atoms with Crippen molar-refractivity contribution in [2.75, 3.05) is 10.3 Å².